The van der Waals surface area contributed by atoms with Crippen molar-refractivity contribution in [3.8, 4) is 0 Å². The van der Waals surface area contributed by atoms with E-state index in [2.05, 4.69) is 26.8 Å². The second kappa shape index (κ2) is 7.17. The van der Waals surface area contributed by atoms with Gasteiger partial charge < -0.3 is 9.84 Å². The third kappa shape index (κ3) is 2.96. The van der Waals surface area contributed by atoms with Crippen molar-refractivity contribution in [2.75, 3.05) is 13.7 Å². The number of allylic oxidation sites excluding steroid dienone is 2. The smallest absolute Gasteiger partial charge is 0.0883 e. The maximum absolute atomic E-state index is 11.1. The number of ether oxygens (including phenoxy) is 1. The summed E-state index contributed by atoms with van der Waals surface area (Å²) in [5.41, 5.74) is 2.17. The van der Waals surface area contributed by atoms with Crippen LogP contribution in [0.5, 0.6) is 0 Å². The van der Waals surface area contributed by atoms with Crippen molar-refractivity contribution in [2.45, 2.75) is 97.0 Å². The summed E-state index contributed by atoms with van der Waals surface area (Å²) < 4.78 is 5.40. The number of hydrogen-bond acceptors (Lipinski definition) is 2. The average Bonchev–Trinajstić information content (AvgIpc) is 2.99. The van der Waals surface area contributed by atoms with E-state index in [1.54, 1.807) is 12.7 Å². The highest BCUT2D eigenvalue weighted by Gasteiger charge is 2.61. The molecule has 0 aromatic rings. The molecule has 0 amide bonds. The highest BCUT2D eigenvalue weighted by atomic mass is 16.5. The molecular formula is C25H42O2. The molecule has 4 rings (SSSR count). The second-order valence-corrected chi connectivity index (χ2v) is 10.8. The Morgan fingerprint density at radius 3 is 2.63 bits per heavy atom. The highest BCUT2D eigenvalue weighted by molar-refractivity contribution is 5.24. The molecule has 2 heteroatoms. The molecule has 2 nitrogen and oxygen atoms in total. The van der Waals surface area contributed by atoms with Gasteiger partial charge in [-0.15, -0.1) is 0 Å². The molecule has 0 aromatic carbocycles. The second-order valence-electron chi connectivity index (χ2n) is 10.8. The lowest BCUT2D eigenvalue weighted by Gasteiger charge is -2.63. The maximum Gasteiger partial charge on any atom is 0.0883 e. The number of aliphatic hydroxyl groups is 1. The molecule has 7 atom stereocenters. The van der Waals surface area contributed by atoms with Crippen molar-refractivity contribution in [1.82, 2.24) is 0 Å². The Bertz CT molecular complexity index is 583. The molecule has 4 saturated carbocycles. The first-order chi connectivity index (χ1) is 12.9. The lowest BCUT2D eigenvalue weighted by molar-refractivity contribution is -0.167. The third-order valence-electron chi connectivity index (χ3n) is 9.84. The molecule has 4 aliphatic carbocycles. The minimum Gasteiger partial charge on any atom is -0.387 e. The Balaban J connectivity index is 1.63. The zero-order chi connectivity index (χ0) is 19.3. The van der Waals surface area contributed by atoms with Crippen LogP contribution in [0.4, 0.5) is 0 Å². The predicted molar refractivity (Wildman–Crippen MR) is 112 cm³/mol. The standard InChI is InChI=1S/C25H42O2/c1-5-12-25-15-14-24(26,17-27-4)16-19(25)7-9-20-21-10-8-18(6-2)23(21,3)13-11-22(20)25/h6,19-22,26H,5,7-17H2,1-4H3/b18-6-/t19-,20+,21+,22+,23-,24-,25+/m1/s1. The largest absolute Gasteiger partial charge is 0.387 e. The topological polar surface area (TPSA) is 29.5 Å². The van der Waals surface area contributed by atoms with Gasteiger partial charge in [-0.3, -0.25) is 0 Å². The Hall–Kier alpha value is -0.340. The fourth-order valence-corrected chi connectivity index (χ4v) is 8.81. The summed E-state index contributed by atoms with van der Waals surface area (Å²) in [6.07, 6.45) is 16.6. The van der Waals surface area contributed by atoms with E-state index in [4.69, 9.17) is 4.74 Å². The molecule has 0 aromatic heterocycles. The molecule has 0 spiro atoms. The first-order valence-electron chi connectivity index (χ1n) is 11.8. The molecule has 27 heavy (non-hydrogen) atoms. The van der Waals surface area contributed by atoms with Crippen LogP contribution in [-0.4, -0.2) is 24.4 Å². The normalized spacial score (nSPS) is 50.9. The summed E-state index contributed by atoms with van der Waals surface area (Å²) in [7, 11) is 1.74. The SMILES string of the molecule is C/C=C1/CC[C@H]2[C@@H]3CC[C@@H]4C[C@@](O)(COC)CC[C@]4(CCC)[C@H]3CC[C@]12C. The fourth-order valence-electron chi connectivity index (χ4n) is 8.81. The molecule has 4 aliphatic rings. The van der Waals surface area contributed by atoms with E-state index in [-0.39, 0.29) is 0 Å². The van der Waals surface area contributed by atoms with Crippen LogP contribution in [-0.2, 0) is 4.74 Å². The molecule has 0 aliphatic heterocycles. The van der Waals surface area contributed by atoms with Crippen LogP contribution >= 0.6 is 0 Å². The number of methoxy groups -OCH3 is 1. The molecule has 1 N–H and O–H groups in total. The molecule has 0 radical (unpaired) electrons. The first-order valence-corrected chi connectivity index (χ1v) is 11.8. The van der Waals surface area contributed by atoms with Gasteiger partial charge in [0.05, 0.1) is 12.2 Å². The monoisotopic (exact) mass is 374 g/mol. The van der Waals surface area contributed by atoms with E-state index in [1.807, 2.05) is 0 Å². The van der Waals surface area contributed by atoms with E-state index < -0.39 is 5.60 Å². The van der Waals surface area contributed by atoms with Gasteiger partial charge in [0.1, 0.15) is 0 Å². The summed E-state index contributed by atoms with van der Waals surface area (Å²) in [6.45, 7) is 7.76. The summed E-state index contributed by atoms with van der Waals surface area (Å²) in [5, 5.41) is 11.1. The summed E-state index contributed by atoms with van der Waals surface area (Å²) in [6, 6.07) is 0. The zero-order valence-electron chi connectivity index (χ0n) is 18.2. The highest BCUT2D eigenvalue weighted by Crippen LogP contribution is 2.69. The number of fused-ring (bicyclic) bond motifs is 5. The summed E-state index contributed by atoms with van der Waals surface area (Å²) in [5.74, 6) is 3.45. The molecule has 0 heterocycles. The lowest BCUT2D eigenvalue weighted by atomic mass is 9.42. The van der Waals surface area contributed by atoms with E-state index in [0.29, 0.717) is 23.4 Å². The Labute approximate surface area is 167 Å². The van der Waals surface area contributed by atoms with Gasteiger partial charge >= 0.3 is 0 Å². The van der Waals surface area contributed by atoms with E-state index in [9.17, 15) is 5.11 Å². The molecule has 4 fully saturated rings. The van der Waals surface area contributed by atoms with E-state index >= 15 is 0 Å². The Morgan fingerprint density at radius 1 is 1.11 bits per heavy atom. The zero-order valence-corrected chi connectivity index (χ0v) is 18.2. The van der Waals surface area contributed by atoms with Gasteiger partial charge in [0.25, 0.3) is 0 Å². The van der Waals surface area contributed by atoms with Crippen LogP contribution in [0, 0.1) is 34.5 Å². The van der Waals surface area contributed by atoms with Crippen LogP contribution in [0.1, 0.15) is 91.4 Å². The summed E-state index contributed by atoms with van der Waals surface area (Å²) in [4.78, 5) is 0. The van der Waals surface area contributed by atoms with Crippen molar-refractivity contribution < 1.29 is 9.84 Å². The molecule has 0 unspecified atom stereocenters. The average molecular weight is 375 g/mol. The van der Waals surface area contributed by atoms with E-state index in [1.165, 1.54) is 57.8 Å². The van der Waals surface area contributed by atoms with Crippen molar-refractivity contribution in [1.29, 1.82) is 0 Å². The molecule has 0 bridgehead atoms. The number of hydrogen-bond donors (Lipinski definition) is 1. The van der Waals surface area contributed by atoms with Gasteiger partial charge in [-0.1, -0.05) is 31.9 Å². The van der Waals surface area contributed by atoms with Gasteiger partial charge in [0.2, 0.25) is 0 Å². The van der Waals surface area contributed by atoms with Crippen LogP contribution < -0.4 is 0 Å². The minimum atomic E-state index is -0.571. The van der Waals surface area contributed by atoms with Gasteiger partial charge in [-0.05, 0) is 106 Å². The molecule has 154 valence electrons. The quantitative estimate of drug-likeness (QED) is 0.599. The van der Waals surface area contributed by atoms with Crippen molar-refractivity contribution in [2.24, 2.45) is 34.5 Å². The Kier molecular flexibility index (Phi) is 5.30. The van der Waals surface area contributed by atoms with Crippen LogP contribution in [0.2, 0.25) is 0 Å². The predicted octanol–water partition coefficient (Wildman–Crippen LogP) is 6.13. The van der Waals surface area contributed by atoms with Crippen LogP contribution in [0.15, 0.2) is 11.6 Å². The van der Waals surface area contributed by atoms with E-state index in [0.717, 1.165) is 30.6 Å². The van der Waals surface area contributed by atoms with Gasteiger partial charge in [0, 0.05) is 7.11 Å². The van der Waals surface area contributed by atoms with Crippen LogP contribution in [0.3, 0.4) is 0 Å². The van der Waals surface area contributed by atoms with Crippen molar-refractivity contribution in [3.63, 3.8) is 0 Å². The third-order valence-corrected chi connectivity index (χ3v) is 9.84. The number of rotatable bonds is 4. The van der Waals surface area contributed by atoms with Gasteiger partial charge in [-0.2, -0.15) is 0 Å². The molecule has 0 saturated heterocycles. The first kappa shape index (κ1) is 20.0. The Morgan fingerprint density at radius 2 is 1.93 bits per heavy atom. The van der Waals surface area contributed by atoms with Gasteiger partial charge in [-0.25, -0.2) is 0 Å². The molecular weight excluding hydrogens is 332 g/mol. The fraction of sp³-hybridized carbons (Fsp3) is 0.920. The minimum absolute atomic E-state index is 0.488. The lowest BCUT2D eigenvalue weighted by Crippen LogP contribution is -2.57. The summed E-state index contributed by atoms with van der Waals surface area (Å²) >= 11 is 0. The van der Waals surface area contributed by atoms with Crippen LogP contribution in [0.25, 0.3) is 0 Å². The van der Waals surface area contributed by atoms with Gasteiger partial charge in [0.15, 0.2) is 0 Å². The maximum atomic E-state index is 11.1. The van der Waals surface area contributed by atoms with Crippen molar-refractivity contribution >= 4 is 0 Å². The van der Waals surface area contributed by atoms with Crippen molar-refractivity contribution in [3.05, 3.63) is 11.6 Å².